The van der Waals surface area contributed by atoms with Crippen LogP contribution in [0.4, 0.5) is 4.39 Å². The lowest BCUT2D eigenvalue weighted by Crippen LogP contribution is -2.63. The molecule has 4 atom stereocenters. The summed E-state index contributed by atoms with van der Waals surface area (Å²) in [6.45, 7) is 4.83. The Labute approximate surface area is 218 Å². The molecule has 11 heteroatoms. The van der Waals surface area contributed by atoms with Crippen molar-refractivity contribution in [1.29, 1.82) is 0 Å². The summed E-state index contributed by atoms with van der Waals surface area (Å²) in [5, 5.41) is 44.9. The molecule has 204 valence electrons. The molecular weight excluding hydrogens is 497 g/mol. The van der Waals surface area contributed by atoms with Gasteiger partial charge in [0.05, 0.1) is 11.6 Å². The topological polar surface area (TPSA) is 165 Å². The number of hydrogen-bond acceptors (Lipinski definition) is 9. The molecule has 0 bridgehead atoms. The molecule has 1 heterocycles. The first-order valence-corrected chi connectivity index (χ1v) is 12.7. The van der Waals surface area contributed by atoms with Gasteiger partial charge in [0.2, 0.25) is 5.78 Å². The minimum atomic E-state index is -2.72. The largest absolute Gasteiger partial charge is 0.510 e. The molecule has 6 N–H and O–H groups in total. The van der Waals surface area contributed by atoms with E-state index in [0.29, 0.717) is 24.1 Å². The molecule has 0 fully saturated rings. The van der Waals surface area contributed by atoms with E-state index >= 15 is 4.39 Å². The van der Waals surface area contributed by atoms with Gasteiger partial charge >= 0.3 is 0 Å². The third kappa shape index (κ3) is 3.31. The Morgan fingerprint density at radius 2 is 1.82 bits per heavy atom. The van der Waals surface area contributed by atoms with Gasteiger partial charge in [-0.05, 0) is 53.1 Å². The van der Waals surface area contributed by atoms with Crippen molar-refractivity contribution in [3.8, 4) is 5.75 Å². The number of benzene rings is 1. The average Bonchev–Trinajstić information content (AvgIpc) is 2.83. The van der Waals surface area contributed by atoms with Gasteiger partial charge in [-0.1, -0.05) is 0 Å². The van der Waals surface area contributed by atoms with Crippen molar-refractivity contribution in [2.24, 2.45) is 17.6 Å². The monoisotopic (exact) mass is 529 g/mol. The van der Waals surface area contributed by atoms with Crippen LogP contribution in [0, 0.1) is 17.7 Å². The molecule has 0 saturated heterocycles. The molecule has 0 radical (unpaired) electrons. The molecule has 3 aliphatic carbocycles. The molecule has 4 aliphatic rings. The lowest BCUT2D eigenvalue weighted by atomic mass is 9.58. The van der Waals surface area contributed by atoms with E-state index in [4.69, 9.17) is 5.73 Å². The summed E-state index contributed by atoms with van der Waals surface area (Å²) in [6, 6.07) is -0.940. The van der Waals surface area contributed by atoms with Crippen LogP contribution in [0.1, 0.15) is 47.3 Å². The van der Waals surface area contributed by atoms with E-state index < -0.39 is 63.9 Å². The maximum absolute atomic E-state index is 16.0. The first kappa shape index (κ1) is 26.3. The number of phenols is 1. The highest BCUT2D eigenvalue weighted by Gasteiger charge is 2.63. The fraction of sp³-hybridized carbons (Fsp3) is 0.519. The zero-order valence-corrected chi connectivity index (χ0v) is 21.7. The second kappa shape index (κ2) is 8.62. The first-order valence-electron chi connectivity index (χ1n) is 12.7. The highest BCUT2D eigenvalue weighted by molar-refractivity contribution is 6.24. The number of likely N-dealkylation sites (N-methyl/N-ethyl adjacent to an activating group) is 1. The number of hydrogen-bond donors (Lipinski definition) is 5. The summed E-state index contributed by atoms with van der Waals surface area (Å²) < 4.78 is 16.0. The van der Waals surface area contributed by atoms with Crippen LogP contribution < -0.4 is 5.73 Å². The molecular formula is C27H32FN3O7. The molecule has 10 nitrogen and oxygen atoms in total. The fourth-order valence-electron chi connectivity index (χ4n) is 6.86. The van der Waals surface area contributed by atoms with Gasteiger partial charge in [0.25, 0.3) is 5.91 Å². The number of phenolic OH excluding ortho intramolecular Hbond substituents is 1. The van der Waals surface area contributed by atoms with Crippen LogP contribution >= 0.6 is 0 Å². The van der Waals surface area contributed by atoms with Gasteiger partial charge in [-0.15, -0.1) is 0 Å². The predicted molar refractivity (Wildman–Crippen MR) is 133 cm³/mol. The van der Waals surface area contributed by atoms with Crippen molar-refractivity contribution in [3.05, 3.63) is 50.7 Å². The number of primary amides is 1. The molecule has 0 saturated carbocycles. The van der Waals surface area contributed by atoms with Crippen LogP contribution in [0.5, 0.6) is 5.75 Å². The van der Waals surface area contributed by atoms with E-state index in [1.807, 2.05) is 13.8 Å². The zero-order valence-electron chi connectivity index (χ0n) is 21.7. The zero-order chi connectivity index (χ0) is 28.0. The van der Waals surface area contributed by atoms with E-state index in [0.717, 1.165) is 0 Å². The van der Waals surface area contributed by atoms with Gasteiger partial charge in [-0.25, -0.2) is 4.39 Å². The number of Topliss-reactive ketones (excluding diaryl/α,β-unsaturated/α-hetero) is 2. The van der Waals surface area contributed by atoms with Crippen LogP contribution in [0.15, 0.2) is 22.7 Å². The van der Waals surface area contributed by atoms with Gasteiger partial charge in [-0.2, -0.15) is 0 Å². The van der Waals surface area contributed by atoms with Gasteiger partial charge in [0.15, 0.2) is 11.4 Å². The lowest BCUT2D eigenvalue weighted by Gasteiger charge is -2.50. The predicted octanol–water partition coefficient (Wildman–Crippen LogP) is 1.03. The Balaban J connectivity index is 1.70. The third-order valence-corrected chi connectivity index (χ3v) is 8.77. The van der Waals surface area contributed by atoms with E-state index in [1.165, 1.54) is 4.90 Å². The quantitative estimate of drug-likeness (QED) is 0.360. The van der Waals surface area contributed by atoms with Crippen LogP contribution in [-0.2, 0) is 29.0 Å². The number of fused-ring (bicyclic) bond motifs is 4. The molecule has 5 rings (SSSR count). The first-order chi connectivity index (χ1) is 17.7. The lowest BCUT2D eigenvalue weighted by molar-refractivity contribution is -0.148. The highest BCUT2D eigenvalue weighted by atomic mass is 19.1. The number of carbonyl (C=O) groups is 3. The Kier molecular flexibility index (Phi) is 5.97. The molecule has 1 aromatic rings. The molecule has 1 amide bonds. The number of halogens is 1. The SMILES string of the molecule is CC(C)N1CCc2c(O)c3c(c(F)c2C1)C[C@H]1C[C@H]2[C@H](N(C)C)C(O)=C(C(N)=O)C(=O)[C@@]2(O)C(O)=C1C3=O. The third-order valence-electron chi connectivity index (χ3n) is 8.77. The fourth-order valence-corrected chi connectivity index (χ4v) is 6.86. The number of nitrogens with zero attached hydrogens (tertiary/aromatic N) is 2. The average molecular weight is 530 g/mol. The second-order valence-corrected chi connectivity index (χ2v) is 11.3. The maximum atomic E-state index is 16.0. The minimum Gasteiger partial charge on any atom is -0.510 e. The van der Waals surface area contributed by atoms with Gasteiger partial charge in [-0.3, -0.25) is 24.2 Å². The Morgan fingerprint density at radius 1 is 1.16 bits per heavy atom. The normalized spacial score (nSPS) is 29.4. The van der Waals surface area contributed by atoms with Gasteiger partial charge in [0, 0.05) is 47.3 Å². The second-order valence-electron chi connectivity index (χ2n) is 11.3. The standard InChI is InChI=1S/C27H32FN3O7/c1-10(2)31-6-5-12-14(9-31)19(28)13-7-11-8-15-20(30(3)4)23(34)18(26(29)37)25(36)27(15,38)24(35)16(11)22(33)17(13)21(12)32/h10-11,15,20,32,34-35,38H,5-9H2,1-4H3,(H2,29,37)/t11-,15-,20-,27-/m0/s1. The number of aromatic hydroxyl groups is 1. The minimum absolute atomic E-state index is 0.0324. The summed E-state index contributed by atoms with van der Waals surface area (Å²) in [5.74, 6) is -7.95. The van der Waals surface area contributed by atoms with Gasteiger partial charge in [0.1, 0.15) is 28.7 Å². The molecule has 0 spiro atoms. The van der Waals surface area contributed by atoms with Crippen molar-refractivity contribution in [1.82, 2.24) is 9.80 Å². The molecule has 38 heavy (non-hydrogen) atoms. The van der Waals surface area contributed by atoms with Crippen LogP contribution in [-0.4, -0.2) is 86.0 Å². The smallest absolute Gasteiger partial charge is 0.255 e. The van der Waals surface area contributed by atoms with E-state index in [1.54, 1.807) is 14.1 Å². The van der Waals surface area contributed by atoms with E-state index in [9.17, 15) is 34.8 Å². The van der Waals surface area contributed by atoms with Crippen LogP contribution in [0.25, 0.3) is 0 Å². The summed E-state index contributed by atoms with van der Waals surface area (Å²) in [4.78, 5) is 42.7. The summed E-state index contributed by atoms with van der Waals surface area (Å²) in [7, 11) is 3.11. The maximum Gasteiger partial charge on any atom is 0.255 e. The van der Waals surface area contributed by atoms with Crippen molar-refractivity contribution < 1.29 is 39.2 Å². The summed E-state index contributed by atoms with van der Waals surface area (Å²) in [6.07, 6.45) is 0.177. The number of aliphatic hydroxyl groups excluding tert-OH is 2. The number of carbonyl (C=O) groups excluding carboxylic acids is 3. The Bertz CT molecular complexity index is 1360. The highest BCUT2D eigenvalue weighted by Crippen LogP contribution is 2.53. The summed E-state index contributed by atoms with van der Waals surface area (Å²) >= 11 is 0. The summed E-state index contributed by atoms with van der Waals surface area (Å²) in [5.41, 5.74) is 1.89. The van der Waals surface area contributed by atoms with Gasteiger partial charge < -0.3 is 26.2 Å². The number of rotatable bonds is 3. The molecule has 1 aromatic carbocycles. The molecule has 0 aromatic heterocycles. The number of aliphatic hydroxyl groups is 3. The number of allylic oxidation sites excluding steroid dienone is 1. The van der Waals surface area contributed by atoms with Crippen molar-refractivity contribution in [2.75, 3.05) is 20.6 Å². The molecule has 1 aliphatic heterocycles. The van der Waals surface area contributed by atoms with Crippen LogP contribution in [0.3, 0.4) is 0 Å². The molecule has 0 unspecified atom stereocenters. The van der Waals surface area contributed by atoms with E-state index in [2.05, 4.69) is 4.90 Å². The number of amides is 1. The number of nitrogens with two attached hydrogens (primary N) is 1. The van der Waals surface area contributed by atoms with Crippen molar-refractivity contribution >= 4 is 17.5 Å². The van der Waals surface area contributed by atoms with Crippen LogP contribution in [0.2, 0.25) is 0 Å². The van der Waals surface area contributed by atoms with Crippen molar-refractivity contribution in [2.45, 2.75) is 57.3 Å². The Morgan fingerprint density at radius 3 is 2.39 bits per heavy atom. The Hall–Kier alpha value is -3.28. The number of ketones is 2. The van der Waals surface area contributed by atoms with Crippen molar-refractivity contribution in [3.63, 3.8) is 0 Å². The van der Waals surface area contributed by atoms with E-state index in [-0.39, 0.29) is 47.9 Å².